The molecule has 1 N–H and O–H groups in total. The molecular formula is C19H19FN4. The molecule has 1 aliphatic heterocycles. The quantitative estimate of drug-likeness (QED) is 0.801. The molecule has 4 nitrogen and oxygen atoms in total. The summed E-state index contributed by atoms with van der Waals surface area (Å²) in [4.78, 5) is 10.7. The number of nitrogens with zero attached hydrogens (tertiary/aromatic N) is 3. The molecule has 2 aromatic carbocycles. The summed E-state index contributed by atoms with van der Waals surface area (Å²) in [6.07, 6.45) is 4.43. The molecule has 0 aliphatic carbocycles. The first-order chi connectivity index (χ1) is 11.8. The number of hydrogen-bond acceptors (Lipinski definition) is 4. The first-order valence-electron chi connectivity index (χ1n) is 8.22. The zero-order valence-corrected chi connectivity index (χ0v) is 13.3. The van der Waals surface area contributed by atoms with Crippen LogP contribution in [0.4, 0.5) is 10.1 Å². The van der Waals surface area contributed by atoms with E-state index in [-0.39, 0.29) is 5.82 Å². The Bertz CT molecular complexity index is 851. The number of anilines is 1. The van der Waals surface area contributed by atoms with E-state index >= 15 is 0 Å². The van der Waals surface area contributed by atoms with Crippen molar-refractivity contribution in [1.82, 2.24) is 15.3 Å². The van der Waals surface area contributed by atoms with Crippen molar-refractivity contribution in [3.05, 3.63) is 66.2 Å². The van der Waals surface area contributed by atoms with Gasteiger partial charge >= 0.3 is 0 Å². The smallest absolute Gasteiger partial charge is 0.146 e. The van der Waals surface area contributed by atoms with Gasteiger partial charge < -0.3 is 10.2 Å². The van der Waals surface area contributed by atoms with Crippen molar-refractivity contribution in [2.75, 3.05) is 18.0 Å². The highest BCUT2D eigenvalue weighted by atomic mass is 19.1. The Morgan fingerprint density at radius 1 is 1.08 bits per heavy atom. The van der Waals surface area contributed by atoms with Gasteiger partial charge in [-0.2, -0.15) is 0 Å². The third kappa shape index (κ3) is 3.08. The van der Waals surface area contributed by atoms with Gasteiger partial charge in [0.15, 0.2) is 0 Å². The van der Waals surface area contributed by atoms with Gasteiger partial charge in [0.1, 0.15) is 5.82 Å². The molecule has 24 heavy (non-hydrogen) atoms. The molecule has 0 amide bonds. The number of para-hydroxylation sites is 1. The standard InChI is InChI=1S/C19H19FN4/c20-16-3-1-2-4-19(16)24-10-7-15(13-24)23-12-14-5-6-17-18(11-14)22-9-8-21-17/h1-6,8-9,11,15,23H,7,10,12-13H2. The Labute approximate surface area is 140 Å². The van der Waals surface area contributed by atoms with Gasteiger partial charge in [0.25, 0.3) is 0 Å². The van der Waals surface area contributed by atoms with E-state index in [1.54, 1.807) is 18.5 Å². The maximum atomic E-state index is 13.9. The number of hydrogen-bond donors (Lipinski definition) is 1. The second-order valence-corrected chi connectivity index (χ2v) is 6.14. The van der Waals surface area contributed by atoms with E-state index < -0.39 is 0 Å². The lowest BCUT2D eigenvalue weighted by Gasteiger charge is -2.19. The normalized spacial score (nSPS) is 17.5. The van der Waals surface area contributed by atoms with Crippen LogP contribution in [0.3, 0.4) is 0 Å². The average molecular weight is 322 g/mol. The summed E-state index contributed by atoms with van der Waals surface area (Å²) in [5.41, 5.74) is 3.71. The van der Waals surface area contributed by atoms with Crippen molar-refractivity contribution in [3.8, 4) is 0 Å². The maximum absolute atomic E-state index is 13.9. The van der Waals surface area contributed by atoms with E-state index in [1.807, 2.05) is 18.2 Å². The number of aromatic nitrogens is 2. The molecule has 0 saturated carbocycles. The van der Waals surface area contributed by atoms with Crippen LogP contribution in [0.25, 0.3) is 11.0 Å². The summed E-state index contributed by atoms with van der Waals surface area (Å²) < 4.78 is 13.9. The van der Waals surface area contributed by atoms with E-state index in [0.717, 1.165) is 37.1 Å². The van der Waals surface area contributed by atoms with E-state index in [9.17, 15) is 4.39 Å². The number of nitrogens with one attached hydrogen (secondary N) is 1. The van der Waals surface area contributed by atoms with Gasteiger partial charge in [0, 0.05) is 38.1 Å². The fraction of sp³-hybridized carbons (Fsp3) is 0.263. The highest BCUT2D eigenvalue weighted by Crippen LogP contribution is 2.23. The Morgan fingerprint density at radius 3 is 2.79 bits per heavy atom. The first-order valence-corrected chi connectivity index (χ1v) is 8.22. The van der Waals surface area contributed by atoms with Crippen LogP contribution in [0.15, 0.2) is 54.9 Å². The van der Waals surface area contributed by atoms with Crippen LogP contribution in [0, 0.1) is 5.82 Å². The Kier molecular flexibility index (Phi) is 4.09. The van der Waals surface area contributed by atoms with Crippen molar-refractivity contribution in [1.29, 1.82) is 0 Å². The highest BCUT2D eigenvalue weighted by molar-refractivity contribution is 5.74. The molecule has 4 rings (SSSR count). The minimum atomic E-state index is -0.147. The third-order valence-corrected chi connectivity index (χ3v) is 4.51. The predicted molar refractivity (Wildman–Crippen MR) is 93.4 cm³/mol. The highest BCUT2D eigenvalue weighted by Gasteiger charge is 2.23. The summed E-state index contributed by atoms with van der Waals surface area (Å²) in [5.74, 6) is -0.147. The topological polar surface area (TPSA) is 41.0 Å². The van der Waals surface area contributed by atoms with Gasteiger partial charge in [-0.05, 0) is 36.2 Å². The molecule has 5 heteroatoms. The van der Waals surface area contributed by atoms with Crippen LogP contribution >= 0.6 is 0 Å². The molecule has 0 spiro atoms. The van der Waals surface area contributed by atoms with Gasteiger partial charge in [-0.25, -0.2) is 4.39 Å². The number of halogens is 1. The molecule has 1 saturated heterocycles. The molecule has 1 aromatic heterocycles. The van der Waals surface area contributed by atoms with Gasteiger partial charge in [-0.1, -0.05) is 18.2 Å². The molecule has 3 aromatic rings. The van der Waals surface area contributed by atoms with Crippen LogP contribution in [-0.2, 0) is 6.54 Å². The van der Waals surface area contributed by atoms with Crippen LogP contribution in [-0.4, -0.2) is 29.1 Å². The van der Waals surface area contributed by atoms with Crippen molar-refractivity contribution in [3.63, 3.8) is 0 Å². The zero-order valence-electron chi connectivity index (χ0n) is 13.3. The molecule has 1 fully saturated rings. The van der Waals surface area contributed by atoms with Gasteiger partial charge in [0.05, 0.1) is 16.7 Å². The van der Waals surface area contributed by atoms with Crippen molar-refractivity contribution in [2.45, 2.75) is 19.0 Å². The molecule has 122 valence electrons. The Balaban J connectivity index is 1.39. The van der Waals surface area contributed by atoms with Gasteiger partial charge in [-0.15, -0.1) is 0 Å². The summed E-state index contributed by atoms with van der Waals surface area (Å²) in [5, 5.41) is 3.57. The lowest BCUT2D eigenvalue weighted by Crippen LogP contribution is -2.32. The van der Waals surface area contributed by atoms with Crippen molar-refractivity contribution in [2.24, 2.45) is 0 Å². The molecule has 0 radical (unpaired) electrons. The maximum Gasteiger partial charge on any atom is 0.146 e. The molecular weight excluding hydrogens is 303 g/mol. The molecule has 1 aliphatic rings. The van der Waals surface area contributed by atoms with E-state index in [0.29, 0.717) is 11.7 Å². The SMILES string of the molecule is Fc1ccccc1N1CCC(NCc2ccc3nccnc3c2)C1. The largest absolute Gasteiger partial charge is 0.368 e. The minimum absolute atomic E-state index is 0.147. The fourth-order valence-electron chi connectivity index (χ4n) is 3.23. The Hall–Kier alpha value is -2.53. The van der Waals surface area contributed by atoms with Crippen molar-refractivity contribution >= 4 is 16.7 Å². The van der Waals surface area contributed by atoms with E-state index in [1.165, 1.54) is 11.6 Å². The zero-order chi connectivity index (χ0) is 16.4. The summed E-state index contributed by atoms with van der Waals surface area (Å²) in [6, 6.07) is 13.5. The summed E-state index contributed by atoms with van der Waals surface area (Å²) in [7, 11) is 0. The van der Waals surface area contributed by atoms with Gasteiger partial charge in [-0.3, -0.25) is 9.97 Å². The molecule has 1 atom stereocenters. The van der Waals surface area contributed by atoms with Gasteiger partial charge in [0.2, 0.25) is 0 Å². The van der Waals surface area contributed by atoms with Crippen LogP contribution < -0.4 is 10.2 Å². The lowest BCUT2D eigenvalue weighted by atomic mass is 10.1. The number of benzene rings is 2. The number of fused-ring (bicyclic) bond motifs is 1. The second-order valence-electron chi connectivity index (χ2n) is 6.14. The monoisotopic (exact) mass is 322 g/mol. The van der Waals surface area contributed by atoms with Crippen LogP contribution in [0.2, 0.25) is 0 Å². The minimum Gasteiger partial charge on any atom is -0.368 e. The lowest BCUT2D eigenvalue weighted by molar-refractivity contribution is 0.550. The molecule has 0 bridgehead atoms. The number of rotatable bonds is 4. The van der Waals surface area contributed by atoms with E-state index in [4.69, 9.17) is 0 Å². The fourth-order valence-corrected chi connectivity index (χ4v) is 3.23. The average Bonchev–Trinajstić information content (AvgIpc) is 3.09. The third-order valence-electron chi connectivity index (χ3n) is 4.51. The summed E-state index contributed by atoms with van der Waals surface area (Å²) in [6.45, 7) is 2.48. The second kappa shape index (κ2) is 6.53. The summed E-state index contributed by atoms with van der Waals surface area (Å²) >= 11 is 0. The van der Waals surface area contributed by atoms with Crippen LogP contribution in [0.1, 0.15) is 12.0 Å². The Morgan fingerprint density at radius 2 is 1.92 bits per heavy atom. The van der Waals surface area contributed by atoms with Crippen molar-refractivity contribution < 1.29 is 4.39 Å². The first kappa shape index (κ1) is 15.0. The van der Waals surface area contributed by atoms with Crippen LogP contribution in [0.5, 0.6) is 0 Å². The molecule has 1 unspecified atom stereocenters. The molecule has 2 heterocycles. The van der Waals surface area contributed by atoms with E-state index in [2.05, 4.69) is 32.3 Å². The predicted octanol–water partition coefficient (Wildman–Crippen LogP) is 3.14.